The number of likely N-dealkylation sites (tertiary alicyclic amines) is 1. The molecule has 2 atom stereocenters. The van der Waals surface area contributed by atoms with Crippen LogP contribution in [0.1, 0.15) is 32.6 Å². The molecule has 0 aromatic carbocycles. The zero-order valence-electron chi connectivity index (χ0n) is 11.1. The van der Waals surface area contributed by atoms with Gasteiger partial charge in [-0.2, -0.15) is 0 Å². The maximum absolute atomic E-state index is 12.2. The standard InChI is InChI=1S/C14H21NO3/c1-5-11-7-8-12(14(17)18-4)15(11)13(16)9-6-10(2)3/h5,11-12H,1-2,6-9H2,3-4H3/t11-,12-/m0/s1. The minimum atomic E-state index is -0.462. The van der Waals surface area contributed by atoms with E-state index in [0.717, 1.165) is 12.0 Å². The Balaban J connectivity index is 2.77. The molecule has 1 aliphatic heterocycles. The summed E-state index contributed by atoms with van der Waals surface area (Å²) >= 11 is 0. The maximum Gasteiger partial charge on any atom is 0.328 e. The van der Waals surface area contributed by atoms with E-state index in [2.05, 4.69) is 13.2 Å². The number of rotatable bonds is 5. The smallest absolute Gasteiger partial charge is 0.328 e. The number of methoxy groups -OCH3 is 1. The van der Waals surface area contributed by atoms with Crippen LogP contribution in [-0.2, 0) is 14.3 Å². The van der Waals surface area contributed by atoms with Crippen molar-refractivity contribution in [2.45, 2.75) is 44.7 Å². The summed E-state index contributed by atoms with van der Waals surface area (Å²) in [5, 5.41) is 0. The van der Waals surface area contributed by atoms with Crippen molar-refractivity contribution in [3.05, 3.63) is 24.8 Å². The van der Waals surface area contributed by atoms with Gasteiger partial charge in [-0.25, -0.2) is 4.79 Å². The summed E-state index contributed by atoms with van der Waals surface area (Å²) < 4.78 is 4.75. The molecule has 1 rings (SSSR count). The summed E-state index contributed by atoms with van der Waals surface area (Å²) in [6.07, 6.45) is 4.16. The van der Waals surface area contributed by atoms with E-state index in [1.165, 1.54) is 7.11 Å². The molecule has 1 heterocycles. The van der Waals surface area contributed by atoms with Crippen LogP contribution in [0.25, 0.3) is 0 Å². The highest BCUT2D eigenvalue weighted by Crippen LogP contribution is 2.27. The average Bonchev–Trinajstić information content (AvgIpc) is 2.78. The van der Waals surface area contributed by atoms with Gasteiger partial charge in [0.2, 0.25) is 5.91 Å². The molecule has 1 amide bonds. The molecular formula is C14H21NO3. The minimum Gasteiger partial charge on any atom is -0.467 e. The zero-order chi connectivity index (χ0) is 13.7. The first kappa shape index (κ1) is 14.5. The highest BCUT2D eigenvalue weighted by molar-refractivity contribution is 5.85. The third-order valence-corrected chi connectivity index (χ3v) is 3.23. The van der Waals surface area contributed by atoms with E-state index in [0.29, 0.717) is 19.3 Å². The molecule has 0 aromatic rings. The maximum atomic E-state index is 12.2. The Bertz CT molecular complexity index is 362. The SMILES string of the molecule is C=C[C@H]1CC[C@@H](C(=O)OC)N1C(=O)CCC(=C)C. The number of nitrogens with zero attached hydrogens (tertiary/aromatic N) is 1. The fourth-order valence-corrected chi connectivity index (χ4v) is 2.24. The summed E-state index contributed by atoms with van der Waals surface area (Å²) in [6, 6.07) is -0.526. The Morgan fingerprint density at radius 3 is 2.56 bits per heavy atom. The van der Waals surface area contributed by atoms with Crippen LogP contribution in [0.2, 0.25) is 0 Å². The number of esters is 1. The molecule has 18 heavy (non-hydrogen) atoms. The van der Waals surface area contributed by atoms with Gasteiger partial charge in [-0.1, -0.05) is 11.6 Å². The number of carbonyl (C=O) groups is 2. The van der Waals surface area contributed by atoms with Crippen molar-refractivity contribution in [3.8, 4) is 0 Å². The highest BCUT2D eigenvalue weighted by Gasteiger charge is 2.39. The Labute approximate surface area is 108 Å². The van der Waals surface area contributed by atoms with Gasteiger partial charge in [0.1, 0.15) is 6.04 Å². The second kappa shape index (κ2) is 6.38. The summed E-state index contributed by atoms with van der Waals surface area (Å²) in [6.45, 7) is 9.40. The van der Waals surface area contributed by atoms with Gasteiger partial charge >= 0.3 is 5.97 Å². The van der Waals surface area contributed by atoms with Crippen LogP contribution in [0, 0.1) is 0 Å². The third-order valence-electron chi connectivity index (χ3n) is 3.23. The fourth-order valence-electron chi connectivity index (χ4n) is 2.24. The molecule has 4 heteroatoms. The normalized spacial score (nSPS) is 22.7. The van der Waals surface area contributed by atoms with Crippen molar-refractivity contribution in [1.82, 2.24) is 4.90 Å². The largest absolute Gasteiger partial charge is 0.467 e. The van der Waals surface area contributed by atoms with Crippen molar-refractivity contribution in [2.24, 2.45) is 0 Å². The second-order valence-electron chi connectivity index (χ2n) is 4.68. The van der Waals surface area contributed by atoms with Crippen molar-refractivity contribution in [1.29, 1.82) is 0 Å². The van der Waals surface area contributed by atoms with Crippen molar-refractivity contribution in [3.63, 3.8) is 0 Å². The first-order valence-electron chi connectivity index (χ1n) is 6.17. The number of hydrogen-bond acceptors (Lipinski definition) is 3. The molecule has 0 N–H and O–H groups in total. The molecular weight excluding hydrogens is 230 g/mol. The molecule has 0 unspecified atom stereocenters. The monoisotopic (exact) mass is 251 g/mol. The third kappa shape index (κ3) is 3.22. The second-order valence-corrected chi connectivity index (χ2v) is 4.68. The fraction of sp³-hybridized carbons (Fsp3) is 0.571. The lowest BCUT2D eigenvalue weighted by Crippen LogP contribution is -2.44. The average molecular weight is 251 g/mol. The van der Waals surface area contributed by atoms with E-state index in [1.807, 2.05) is 6.92 Å². The van der Waals surface area contributed by atoms with Crippen LogP contribution >= 0.6 is 0 Å². The van der Waals surface area contributed by atoms with Crippen LogP contribution in [0.5, 0.6) is 0 Å². The van der Waals surface area contributed by atoms with Crippen LogP contribution in [0.3, 0.4) is 0 Å². The predicted octanol–water partition coefficient (Wildman–Crippen LogP) is 2.06. The van der Waals surface area contributed by atoms with E-state index in [1.54, 1.807) is 11.0 Å². The van der Waals surface area contributed by atoms with Crippen LogP contribution in [-0.4, -0.2) is 36.0 Å². The molecule has 0 bridgehead atoms. The van der Waals surface area contributed by atoms with Gasteiger partial charge in [-0.15, -0.1) is 13.2 Å². The Hall–Kier alpha value is -1.58. The molecule has 0 saturated carbocycles. The molecule has 100 valence electrons. The van der Waals surface area contributed by atoms with Gasteiger partial charge in [0.25, 0.3) is 0 Å². The van der Waals surface area contributed by atoms with Crippen molar-refractivity contribution >= 4 is 11.9 Å². The summed E-state index contributed by atoms with van der Waals surface area (Å²) in [5.41, 5.74) is 0.965. The zero-order valence-corrected chi connectivity index (χ0v) is 11.1. The lowest BCUT2D eigenvalue weighted by molar-refractivity contribution is -0.151. The molecule has 4 nitrogen and oxygen atoms in total. The van der Waals surface area contributed by atoms with Crippen LogP contribution < -0.4 is 0 Å². The van der Waals surface area contributed by atoms with Crippen LogP contribution in [0.4, 0.5) is 0 Å². The number of carbonyl (C=O) groups excluding carboxylic acids is 2. The van der Waals surface area contributed by atoms with Gasteiger partial charge < -0.3 is 9.64 Å². The molecule has 0 radical (unpaired) electrons. The van der Waals surface area contributed by atoms with E-state index < -0.39 is 6.04 Å². The first-order chi connectivity index (χ1) is 8.51. The molecule has 0 aromatic heterocycles. The van der Waals surface area contributed by atoms with E-state index in [-0.39, 0.29) is 17.9 Å². The lowest BCUT2D eigenvalue weighted by Gasteiger charge is -2.27. The predicted molar refractivity (Wildman–Crippen MR) is 69.9 cm³/mol. The first-order valence-corrected chi connectivity index (χ1v) is 6.17. The van der Waals surface area contributed by atoms with Crippen molar-refractivity contribution in [2.75, 3.05) is 7.11 Å². The molecule has 1 aliphatic rings. The minimum absolute atomic E-state index is 0.0317. The summed E-state index contributed by atoms with van der Waals surface area (Å²) in [7, 11) is 1.35. The molecule has 0 aliphatic carbocycles. The highest BCUT2D eigenvalue weighted by atomic mass is 16.5. The summed E-state index contributed by atoms with van der Waals surface area (Å²) in [5.74, 6) is -0.376. The number of hydrogen-bond donors (Lipinski definition) is 0. The Morgan fingerprint density at radius 1 is 1.39 bits per heavy atom. The van der Waals surface area contributed by atoms with Gasteiger partial charge in [0.05, 0.1) is 13.2 Å². The summed E-state index contributed by atoms with van der Waals surface area (Å²) in [4.78, 5) is 25.5. The van der Waals surface area contributed by atoms with Gasteiger partial charge in [-0.05, 0) is 26.2 Å². The Morgan fingerprint density at radius 2 is 2.06 bits per heavy atom. The van der Waals surface area contributed by atoms with Gasteiger partial charge in [0.15, 0.2) is 0 Å². The van der Waals surface area contributed by atoms with E-state index in [4.69, 9.17) is 4.74 Å². The van der Waals surface area contributed by atoms with Gasteiger partial charge in [0, 0.05) is 6.42 Å². The van der Waals surface area contributed by atoms with E-state index >= 15 is 0 Å². The molecule has 1 fully saturated rings. The quantitative estimate of drug-likeness (QED) is 0.555. The molecule has 0 spiro atoms. The number of amides is 1. The number of allylic oxidation sites excluding steroid dienone is 1. The lowest BCUT2D eigenvalue weighted by atomic mass is 10.1. The van der Waals surface area contributed by atoms with E-state index in [9.17, 15) is 9.59 Å². The molecule has 1 saturated heterocycles. The van der Waals surface area contributed by atoms with Gasteiger partial charge in [-0.3, -0.25) is 4.79 Å². The topological polar surface area (TPSA) is 46.6 Å². The number of ether oxygens (including phenoxy) is 1. The van der Waals surface area contributed by atoms with Crippen molar-refractivity contribution < 1.29 is 14.3 Å². The Kier molecular flexibility index (Phi) is 5.13. The van der Waals surface area contributed by atoms with Crippen LogP contribution in [0.15, 0.2) is 24.8 Å².